The highest BCUT2D eigenvalue weighted by atomic mass is 16.2. The molecule has 148 valence electrons. The summed E-state index contributed by atoms with van der Waals surface area (Å²) in [4.78, 5) is 37.6. The molecule has 2 amide bonds. The van der Waals surface area contributed by atoms with Gasteiger partial charge in [-0.05, 0) is 30.4 Å². The number of fused-ring (bicyclic) bond motifs is 1. The van der Waals surface area contributed by atoms with E-state index in [1.807, 2.05) is 24.0 Å². The minimum atomic E-state index is -0.169. The van der Waals surface area contributed by atoms with Crippen LogP contribution in [0.25, 0.3) is 0 Å². The Morgan fingerprint density at radius 2 is 1.89 bits per heavy atom. The maximum atomic E-state index is 12.8. The molecule has 0 saturated carbocycles. The number of amides is 2. The SMILES string of the molecule is Cc1cnc(C(=O)N(CCC(=O)N2CCc3ccccc3C2)CC(C)C)cn1. The van der Waals surface area contributed by atoms with E-state index in [1.165, 1.54) is 17.3 Å². The van der Waals surface area contributed by atoms with Gasteiger partial charge in [-0.15, -0.1) is 0 Å². The first-order valence-corrected chi connectivity index (χ1v) is 9.86. The second kappa shape index (κ2) is 8.95. The van der Waals surface area contributed by atoms with Gasteiger partial charge < -0.3 is 9.80 Å². The summed E-state index contributed by atoms with van der Waals surface area (Å²) in [6.07, 6.45) is 4.31. The van der Waals surface area contributed by atoms with Crippen molar-refractivity contribution in [3.8, 4) is 0 Å². The summed E-state index contributed by atoms with van der Waals surface area (Å²) in [5.41, 5.74) is 3.63. The summed E-state index contributed by atoms with van der Waals surface area (Å²) in [7, 11) is 0. The molecule has 0 spiro atoms. The molecule has 0 unspecified atom stereocenters. The molecule has 0 aliphatic carbocycles. The lowest BCUT2D eigenvalue weighted by Crippen LogP contribution is -2.40. The predicted molar refractivity (Wildman–Crippen MR) is 108 cm³/mol. The maximum Gasteiger partial charge on any atom is 0.274 e. The van der Waals surface area contributed by atoms with Crippen LogP contribution in [0.3, 0.4) is 0 Å². The molecule has 1 aliphatic heterocycles. The molecule has 0 radical (unpaired) electrons. The molecular formula is C22H28N4O2. The van der Waals surface area contributed by atoms with Gasteiger partial charge in [-0.3, -0.25) is 14.6 Å². The first-order chi connectivity index (χ1) is 13.4. The molecule has 2 heterocycles. The van der Waals surface area contributed by atoms with Crippen molar-refractivity contribution >= 4 is 11.8 Å². The van der Waals surface area contributed by atoms with E-state index in [2.05, 4.69) is 35.9 Å². The van der Waals surface area contributed by atoms with E-state index in [1.54, 1.807) is 11.1 Å². The fraction of sp³-hybridized carbons (Fsp3) is 0.455. The van der Waals surface area contributed by atoms with Gasteiger partial charge in [0, 0.05) is 38.8 Å². The van der Waals surface area contributed by atoms with E-state index in [0.717, 1.165) is 18.7 Å². The summed E-state index contributed by atoms with van der Waals surface area (Å²) in [6, 6.07) is 8.26. The smallest absolute Gasteiger partial charge is 0.274 e. The number of carbonyl (C=O) groups is 2. The third-order valence-electron chi connectivity index (χ3n) is 4.95. The van der Waals surface area contributed by atoms with Crippen molar-refractivity contribution in [2.24, 2.45) is 5.92 Å². The predicted octanol–water partition coefficient (Wildman–Crippen LogP) is 2.86. The average Bonchev–Trinajstić information content (AvgIpc) is 2.70. The lowest BCUT2D eigenvalue weighted by atomic mass is 10.00. The van der Waals surface area contributed by atoms with Gasteiger partial charge in [0.05, 0.1) is 11.9 Å². The topological polar surface area (TPSA) is 66.4 Å². The molecule has 0 fully saturated rings. The molecule has 0 N–H and O–H groups in total. The molecule has 1 aromatic carbocycles. The summed E-state index contributed by atoms with van der Waals surface area (Å²) >= 11 is 0. The lowest BCUT2D eigenvalue weighted by molar-refractivity contribution is -0.132. The van der Waals surface area contributed by atoms with E-state index >= 15 is 0 Å². The second-order valence-corrected chi connectivity index (χ2v) is 7.77. The number of rotatable bonds is 6. The molecule has 6 heteroatoms. The second-order valence-electron chi connectivity index (χ2n) is 7.77. The van der Waals surface area contributed by atoms with Crippen molar-refractivity contribution in [3.05, 3.63) is 59.2 Å². The standard InChI is InChI=1S/C22H28N4O2/c1-16(2)14-26(22(28)20-13-23-17(3)12-24-20)11-9-21(27)25-10-8-18-6-4-5-7-19(18)15-25/h4-7,12-13,16H,8-11,14-15H2,1-3H3. The first-order valence-electron chi connectivity index (χ1n) is 9.86. The van der Waals surface area contributed by atoms with Crippen LogP contribution in [0.5, 0.6) is 0 Å². The zero-order valence-electron chi connectivity index (χ0n) is 16.9. The minimum absolute atomic E-state index is 0.0889. The summed E-state index contributed by atoms with van der Waals surface area (Å²) < 4.78 is 0. The minimum Gasteiger partial charge on any atom is -0.338 e. The fourth-order valence-electron chi connectivity index (χ4n) is 3.48. The summed E-state index contributed by atoms with van der Waals surface area (Å²) in [6.45, 7) is 8.32. The van der Waals surface area contributed by atoms with Crippen LogP contribution < -0.4 is 0 Å². The van der Waals surface area contributed by atoms with Crippen LogP contribution in [0, 0.1) is 12.8 Å². The highest BCUT2D eigenvalue weighted by Gasteiger charge is 2.23. The van der Waals surface area contributed by atoms with E-state index in [0.29, 0.717) is 37.7 Å². The van der Waals surface area contributed by atoms with Crippen molar-refractivity contribution in [1.29, 1.82) is 0 Å². The van der Waals surface area contributed by atoms with Gasteiger partial charge in [-0.25, -0.2) is 4.98 Å². The Kier molecular flexibility index (Phi) is 6.39. The van der Waals surface area contributed by atoms with E-state index in [4.69, 9.17) is 0 Å². The molecule has 0 atom stereocenters. The number of aromatic nitrogens is 2. The molecule has 6 nitrogen and oxygen atoms in total. The van der Waals surface area contributed by atoms with Crippen LogP contribution in [0.4, 0.5) is 0 Å². The maximum absolute atomic E-state index is 12.8. The van der Waals surface area contributed by atoms with E-state index < -0.39 is 0 Å². The average molecular weight is 380 g/mol. The Hall–Kier alpha value is -2.76. The monoisotopic (exact) mass is 380 g/mol. The third-order valence-corrected chi connectivity index (χ3v) is 4.95. The molecule has 0 saturated heterocycles. The normalized spacial score (nSPS) is 13.4. The van der Waals surface area contributed by atoms with Crippen molar-refractivity contribution in [2.75, 3.05) is 19.6 Å². The van der Waals surface area contributed by atoms with Crippen molar-refractivity contribution in [2.45, 2.75) is 40.2 Å². The first kappa shape index (κ1) is 20.0. The highest BCUT2D eigenvalue weighted by molar-refractivity contribution is 5.92. The number of nitrogens with zero attached hydrogens (tertiary/aromatic N) is 4. The number of carbonyl (C=O) groups excluding carboxylic acids is 2. The number of benzene rings is 1. The van der Waals surface area contributed by atoms with Gasteiger partial charge >= 0.3 is 0 Å². The van der Waals surface area contributed by atoms with Crippen LogP contribution in [0.2, 0.25) is 0 Å². The van der Waals surface area contributed by atoms with Crippen LogP contribution in [0.15, 0.2) is 36.7 Å². The van der Waals surface area contributed by atoms with Gasteiger partial charge in [0.15, 0.2) is 0 Å². The Bertz CT molecular complexity index is 833. The number of hydrogen-bond donors (Lipinski definition) is 0. The summed E-state index contributed by atoms with van der Waals surface area (Å²) in [5.74, 6) is 0.225. The Balaban J connectivity index is 1.62. The zero-order valence-corrected chi connectivity index (χ0v) is 16.9. The number of hydrogen-bond acceptors (Lipinski definition) is 4. The van der Waals surface area contributed by atoms with Crippen LogP contribution in [-0.2, 0) is 17.8 Å². The molecule has 28 heavy (non-hydrogen) atoms. The molecule has 1 aliphatic rings. The Morgan fingerprint density at radius 1 is 1.14 bits per heavy atom. The lowest BCUT2D eigenvalue weighted by Gasteiger charge is -2.30. The quantitative estimate of drug-likeness (QED) is 0.773. The van der Waals surface area contributed by atoms with Gasteiger partial charge in [-0.1, -0.05) is 38.1 Å². The van der Waals surface area contributed by atoms with Crippen LogP contribution >= 0.6 is 0 Å². The molecule has 3 rings (SSSR count). The Labute approximate surface area is 166 Å². The fourth-order valence-corrected chi connectivity index (χ4v) is 3.48. The number of aryl methyl sites for hydroxylation is 1. The summed E-state index contributed by atoms with van der Waals surface area (Å²) in [5, 5.41) is 0. The Morgan fingerprint density at radius 3 is 2.57 bits per heavy atom. The van der Waals surface area contributed by atoms with Crippen molar-refractivity contribution in [3.63, 3.8) is 0 Å². The van der Waals surface area contributed by atoms with Gasteiger partial charge in [0.2, 0.25) is 5.91 Å². The van der Waals surface area contributed by atoms with Crippen LogP contribution in [-0.4, -0.2) is 51.2 Å². The highest BCUT2D eigenvalue weighted by Crippen LogP contribution is 2.19. The van der Waals surface area contributed by atoms with E-state index in [9.17, 15) is 9.59 Å². The molecule has 0 bridgehead atoms. The largest absolute Gasteiger partial charge is 0.338 e. The van der Waals surface area contributed by atoms with Gasteiger partial charge in [0.1, 0.15) is 5.69 Å². The van der Waals surface area contributed by atoms with E-state index in [-0.39, 0.29) is 11.8 Å². The van der Waals surface area contributed by atoms with Crippen LogP contribution in [0.1, 0.15) is 47.6 Å². The van der Waals surface area contributed by atoms with Gasteiger partial charge in [0.25, 0.3) is 5.91 Å². The molecule has 1 aromatic heterocycles. The molecule has 2 aromatic rings. The zero-order chi connectivity index (χ0) is 20.1. The van der Waals surface area contributed by atoms with Gasteiger partial charge in [-0.2, -0.15) is 0 Å². The van der Waals surface area contributed by atoms with Crippen molar-refractivity contribution < 1.29 is 9.59 Å². The third kappa shape index (κ3) is 4.94. The molecular weight excluding hydrogens is 352 g/mol. The van der Waals surface area contributed by atoms with Crippen molar-refractivity contribution in [1.82, 2.24) is 19.8 Å².